The van der Waals surface area contributed by atoms with Crippen LogP contribution in [0.3, 0.4) is 0 Å². The van der Waals surface area contributed by atoms with E-state index in [1.165, 1.54) is 6.33 Å². The van der Waals surface area contributed by atoms with Gasteiger partial charge >= 0.3 is 0 Å². The highest BCUT2D eigenvalue weighted by Gasteiger charge is 2.26. The van der Waals surface area contributed by atoms with Crippen molar-refractivity contribution in [3.05, 3.63) is 36.7 Å². The molecule has 0 atom stereocenters. The number of hydrogen-bond acceptors (Lipinski definition) is 7. The fourth-order valence-electron chi connectivity index (χ4n) is 2.85. The summed E-state index contributed by atoms with van der Waals surface area (Å²) in [5.41, 5.74) is 0.465. The van der Waals surface area contributed by atoms with Gasteiger partial charge in [-0.2, -0.15) is 5.10 Å². The summed E-state index contributed by atoms with van der Waals surface area (Å²) in [6, 6.07) is 3.58. The molecule has 1 aliphatic heterocycles. The van der Waals surface area contributed by atoms with Crippen LogP contribution in [0.4, 0.5) is 0 Å². The van der Waals surface area contributed by atoms with Crippen LogP contribution in [-0.4, -0.2) is 73.3 Å². The summed E-state index contributed by atoms with van der Waals surface area (Å²) in [6.07, 6.45) is 4.88. The molecule has 0 unspecified atom stereocenters. The minimum Gasteiger partial charge on any atom is -0.348 e. The molecule has 4 heterocycles. The van der Waals surface area contributed by atoms with Crippen molar-refractivity contribution >= 4 is 16.9 Å². The van der Waals surface area contributed by atoms with Gasteiger partial charge < -0.3 is 9.42 Å². The third kappa shape index (κ3) is 2.85. The molecule has 1 saturated heterocycles. The molecule has 4 rings (SSSR count). The summed E-state index contributed by atoms with van der Waals surface area (Å²) >= 11 is 0. The maximum atomic E-state index is 12.6. The molecule has 0 bridgehead atoms. The fourth-order valence-corrected chi connectivity index (χ4v) is 2.85. The zero-order valence-corrected chi connectivity index (χ0v) is 13.1. The molecule has 0 spiro atoms. The molecule has 1 fully saturated rings. The van der Waals surface area contributed by atoms with Crippen LogP contribution >= 0.6 is 0 Å². The standard InChI is InChI=1S/C15H17N7O2/c23-15(13-12-2-1-3-17-14(12)19-24-13)21-7-4-20(5-8-21)6-9-22-11-16-10-18-22/h1-3,10-11H,4-9H2. The quantitative estimate of drug-likeness (QED) is 0.679. The van der Waals surface area contributed by atoms with Gasteiger partial charge in [-0.25, -0.2) is 9.97 Å². The molecular weight excluding hydrogens is 310 g/mol. The van der Waals surface area contributed by atoms with E-state index >= 15 is 0 Å². The number of amides is 1. The molecule has 3 aromatic rings. The van der Waals surface area contributed by atoms with E-state index in [9.17, 15) is 4.79 Å². The molecule has 0 aliphatic carbocycles. The zero-order chi connectivity index (χ0) is 16.4. The van der Waals surface area contributed by atoms with Crippen molar-refractivity contribution in [2.24, 2.45) is 0 Å². The smallest absolute Gasteiger partial charge is 0.293 e. The van der Waals surface area contributed by atoms with Gasteiger partial charge in [0.15, 0.2) is 0 Å². The van der Waals surface area contributed by atoms with Crippen molar-refractivity contribution in [3.8, 4) is 0 Å². The highest BCUT2D eigenvalue weighted by molar-refractivity contribution is 6.02. The molecule has 124 valence electrons. The number of carbonyl (C=O) groups excluding carboxylic acids is 1. The molecule has 3 aromatic heterocycles. The monoisotopic (exact) mass is 327 g/mol. The van der Waals surface area contributed by atoms with Crippen molar-refractivity contribution in [2.45, 2.75) is 6.54 Å². The molecule has 24 heavy (non-hydrogen) atoms. The molecule has 9 heteroatoms. The zero-order valence-electron chi connectivity index (χ0n) is 13.1. The lowest BCUT2D eigenvalue weighted by Gasteiger charge is -2.34. The first kappa shape index (κ1) is 14.8. The average molecular weight is 327 g/mol. The molecule has 1 aliphatic rings. The van der Waals surface area contributed by atoms with Crippen molar-refractivity contribution in [1.82, 2.24) is 34.7 Å². The lowest BCUT2D eigenvalue weighted by atomic mass is 10.2. The number of carbonyl (C=O) groups is 1. The largest absolute Gasteiger partial charge is 0.348 e. The topological polar surface area (TPSA) is 93.2 Å². The Balaban J connectivity index is 1.36. The summed E-state index contributed by atoms with van der Waals surface area (Å²) < 4.78 is 7.03. The predicted octanol–water partition coefficient (Wildman–Crippen LogP) is 0.272. The molecule has 1 amide bonds. The maximum absolute atomic E-state index is 12.6. The second-order valence-corrected chi connectivity index (χ2v) is 5.68. The second-order valence-electron chi connectivity index (χ2n) is 5.68. The first-order valence-corrected chi connectivity index (χ1v) is 7.86. The summed E-state index contributed by atoms with van der Waals surface area (Å²) in [4.78, 5) is 24.8. The van der Waals surface area contributed by atoms with Gasteiger partial charge in [0, 0.05) is 38.9 Å². The van der Waals surface area contributed by atoms with E-state index in [4.69, 9.17) is 4.52 Å². The Morgan fingerprint density at radius 3 is 2.88 bits per heavy atom. The number of piperazine rings is 1. The van der Waals surface area contributed by atoms with Crippen LogP contribution in [0.2, 0.25) is 0 Å². The van der Waals surface area contributed by atoms with E-state index in [2.05, 4.69) is 25.1 Å². The van der Waals surface area contributed by atoms with Gasteiger partial charge in [-0.1, -0.05) is 5.16 Å². The van der Waals surface area contributed by atoms with Gasteiger partial charge in [-0.05, 0) is 12.1 Å². The second kappa shape index (κ2) is 6.36. The van der Waals surface area contributed by atoms with E-state index < -0.39 is 0 Å². The summed E-state index contributed by atoms with van der Waals surface area (Å²) in [7, 11) is 0. The van der Waals surface area contributed by atoms with Crippen LogP contribution in [0.5, 0.6) is 0 Å². The molecule has 9 nitrogen and oxygen atoms in total. The minimum atomic E-state index is -0.124. The van der Waals surface area contributed by atoms with Gasteiger partial charge in [0.2, 0.25) is 11.4 Å². The van der Waals surface area contributed by atoms with Crippen molar-refractivity contribution in [3.63, 3.8) is 0 Å². The van der Waals surface area contributed by atoms with Crippen molar-refractivity contribution < 1.29 is 9.32 Å². The molecule has 0 radical (unpaired) electrons. The average Bonchev–Trinajstić information content (AvgIpc) is 3.29. The number of aromatic nitrogens is 5. The molecule has 0 aromatic carbocycles. The predicted molar refractivity (Wildman–Crippen MR) is 84.2 cm³/mol. The van der Waals surface area contributed by atoms with E-state index in [1.807, 2.05) is 4.68 Å². The van der Waals surface area contributed by atoms with Crippen LogP contribution in [0.25, 0.3) is 11.0 Å². The highest BCUT2D eigenvalue weighted by atomic mass is 16.5. The Kier molecular flexibility index (Phi) is 3.91. The summed E-state index contributed by atoms with van der Waals surface area (Å²) in [5.74, 6) is 0.149. The minimum absolute atomic E-state index is 0.124. The first-order valence-electron chi connectivity index (χ1n) is 7.86. The molecule has 0 N–H and O–H groups in total. The highest BCUT2D eigenvalue weighted by Crippen LogP contribution is 2.18. The lowest BCUT2D eigenvalue weighted by molar-refractivity contribution is 0.0595. The normalized spacial score (nSPS) is 15.9. The van der Waals surface area contributed by atoms with Gasteiger partial charge in [-0.3, -0.25) is 14.4 Å². The van der Waals surface area contributed by atoms with Crippen LogP contribution in [0.15, 0.2) is 35.5 Å². The SMILES string of the molecule is O=C(c1onc2ncccc12)N1CCN(CCn2cncn2)CC1. The number of fused-ring (bicyclic) bond motifs is 1. The Morgan fingerprint density at radius 2 is 2.08 bits per heavy atom. The number of pyridine rings is 1. The maximum Gasteiger partial charge on any atom is 0.293 e. The van der Waals surface area contributed by atoms with E-state index in [1.54, 1.807) is 29.6 Å². The van der Waals surface area contributed by atoms with Crippen LogP contribution < -0.4 is 0 Å². The Hall–Kier alpha value is -2.81. The Morgan fingerprint density at radius 1 is 1.21 bits per heavy atom. The Labute approximate surface area is 137 Å². The first-order chi connectivity index (χ1) is 11.8. The van der Waals surface area contributed by atoms with E-state index in [-0.39, 0.29) is 11.7 Å². The third-order valence-corrected chi connectivity index (χ3v) is 4.22. The van der Waals surface area contributed by atoms with Crippen LogP contribution in [0, 0.1) is 0 Å². The number of nitrogens with zero attached hydrogens (tertiary/aromatic N) is 7. The summed E-state index contributed by atoms with van der Waals surface area (Å²) in [6.45, 7) is 4.67. The fraction of sp³-hybridized carbons (Fsp3) is 0.400. The third-order valence-electron chi connectivity index (χ3n) is 4.22. The molecule has 0 saturated carbocycles. The molecular formula is C15H17N7O2. The number of hydrogen-bond donors (Lipinski definition) is 0. The van der Waals surface area contributed by atoms with E-state index in [0.717, 1.165) is 26.2 Å². The van der Waals surface area contributed by atoms with Gasteiger partial charge in [-0.15, -0.1) is 0 Å². The van der Waals surface area contributed by atoms with Gasteiger partial charge in [0.25, 0.3) is 5.91 Å². The van der Waals surface area contributed by atoms with Crippen molar-refractivity contribution in [2.75, 3.05) is 32.7 Å². The Bertz CT molecular complexity index is 821. The van der Waals surface area contributed by atoms with E-state index in [0.29, 0.717) is 24.1 Å². The summed E-state index contributed by atoms with van der Waals surface area (Å²) in [5, 5.41) is 8.61. The lowest BCUT2D eigenvalue weighted by Crippen LogP contribution is -2.49. The van der Waals surface area contributed by atoms with Crippen molar-refractivity contribution in [1.29, 1.82) is 0 Å². The number of rotatable bonds is 4. The van der Waals surface area contributed by atoms with Crippen LogP contribution in [0.1, 0.15) is 10.6 Å². The van der Waals surface area contributed by atoms with Gasteiger partial charge in [0.1, 0.15) is 12.7 Å². The van der Waals surface area contributed by atoms with Crippen LogP contribution in [-0.2, 0) is 6.54 Å². The van der Waals surface area contributed by atoms with Gasteiger partial charge in [0.05, 0.1) is 11.9 Å².